The number of aliphatic hydroxyl groups excluding tert-OH is 1. The summed E-state index contributed by atoms with van der Waals surface area (Å²) in [5, 5.41) is 9.27. The van der Waals surface area contributed by atoms with E-state index in [4.69, 9.17) is 5.11 Å². The van der Waals surface area contributed by atoms with Crippen molar-refractivity contribution >= 4 is 9.52 Å². The Labute approximate surface area is 73.0 Å². The molecule has 1 N–H and O–H groups in total. The van der Waals surface area contributed by atoms with Gasteiger partial charge in [-0.25, -0.2) is 0 Å². The van der Waals surface area contributed by atoms with Crippen LogP contribution in [0.4, 0.5) is 0 Å². The van der Waals surface area contributed by atoms with Crippen LogP contribution >= 0.6 is 0 Å². The summed E-state index contributed by atoms with van der Waals surface area (Å²) in [7, 11) is 0.0573. The molecule has 0 saturated carbocycles. The Morgan fingerprint density at radius 2 is 2.00 bits per heavy atom. The smallest absolute Gasteiger partial charge is 0.0433 e. The highest BCUT2D eigenvalue weighted by atomic mass is 28.2. The van der Waals surface area contributed by atoms with Gasteiger partial charge in [0, 0.05) is 16.1 Å². The SMILES string of the molecule is CCCC[SiH2]C(C)(C)CCO. The second kappa shape index (κ2) is 5.78. The van der Waals surface area contributed by atoms with Crippen LogP contribution < -0.4 is 0 Å². The summed E-state index contributed by atoms with van der Waals surface area (Å²) in [6.45, 7) is 7.20. The van der Waals surface area contributed by atoms with Gasteiger partial charge in [0.05, 0.1) is 0 Å². The van der Waals surface area contributed by atoms with E-state index in [-0.39, 0.29) is 9.52 Å². The Balaban J connectivity index is 3.38. The van der Waals surface area contributed by atoms with E-state index in [1.807, 2.05) is 0 Å². The Hall–Kier alpha value is 0.177. The summed E-state index contributed by atoms with van der Waals surface area (Å²) < 4.78 is 0. The van der Waals surface area contributed by atoms with Gasteiger partial charge in [0.15, 0.2) is 0 Å². The third kappa shape index (κ3) is 6.57. The molecule has 0 bridgehead atoms. The van der Waals surface area contributed by atoms with Gasteiger partial charge in [0.25, 0.3) is 0 Å². The minimum absolute atomic E-state index is 0.0573. The van der Waals surface area contributed by atoms with E-state index in [0.29, 0.717) is 11.6 Å². The summed E-state index contributed by atoms with van der Waals surface area (Å²) >= 11 is 0. The predicted molar refractivity (Wildman–Crippen MR) is 54.0 cm³/mol. The van der Waals surface area contributed by atoms with Crippen LogP contribution in [0.15, 0.2) is 0 Å². The van der Waals surface area contributed by atoms with Crippen molar-refractivity contribution in [2.75, 3.05) is 6.61 Å². The van der Waals surface area contributed by atoms with Crippen LogP contribution in [0.5, 0.6) is 0 Å². The minimum atomic E-state index is 0.0573. The molecule has 0 aliphatic heterocycles. The number of aliphatic hydroxyl groups is 1. The zero-order chi connectivity index (χ0) is 8.74. The van der Waals surface area contributed by atoms with Gasteiger partial charge in [0.1, 0.15) is 0 Å². The van der Waals surface area contributed by atoms with Crippen molar-refractivity contribution in [2.45, 2.75) is 51.1 Å². The van der Waals surface area contributed by atoms with E-state index in [2.05, 4.69) is 20.8 Å². The number of unbranched alkanes of at least 4 members (excludes halogenated alkanes) is 1. The molecule has 2 heteroatoms. The predicted octanol–water partition coefficient (Wildman–Crippen LogP) is 1.95. The maximum atomic E-state index is 8.78. The molecule has 0 aromatic heterocycles. The van der Waals surface area contributed by atoms with E-state index in [1.165, 1.54) is 18.9 Å². The standard InChI is InChI=1S/C9H22OSi/c1-4-5-8-11-9(2,3)6-7-10/h10H,4-8,11H2,1-3H3. The summed E-state index contributed by atoms with van der Waals surface area (Å²) in [6, 6.07) is 1.45. The van der Waals surface area contributed by atoms with Gasteiger partial charge in [-0.1, -0.05) is 39.7 Å². The molecule has 1 nitrogen and oxygen atoms in total. The number of hydrogen-bond donors (Lipinski definition) is 1. The van der Waals surface area contributed by atoms with E-state index >= 15 is 0 Å². The molecule has 0 rings (SSSR count). The quantitative estimate of drug-likeness (QED) is 0.482. The molecule has 0 amide bonds. The lowest BCUT2D eigenvalue weighted by atomic mass is 10.1. The lowest BCUT2D eigenvalue weighted by molar-refractivity contribution is 0.271. The molecule has 0 aromatic rings. The first-order chi connectivity index (χ1) is 5.12. The van der Waals surface area contributed by atoms with Crippen molar-refractivity contribution in [1.29, 1.82) is 0 Å². The second-order valence-electron chi connectivity index (χ2n) is 4.09. The normalized spacial score (nSPS) is 13.1. The van der Waals surface area contributed by atoms with E-state index < -0.39 is 0 Å². The summed E-state index contributed by atoms with van der Waals surface area (Å²) in [4.78, 5) is 0. The van der Waals surface area contributed by atoms with Crippen molar-refractivity contribution < 1.29 is 5.11 Å². The molecular formula is C9H22OSi. The molecule has 11 heavy (non-hydrogen) atoms. The van der Waals surface area contributed by atoms with Gasteiger partial charge in [-0.2, -0.15) is 0 Å². The maximum Gasteiger partial charge on any atom is 0.0433 e. The summed E-state index contributed by atoms with van der Waals surface area (Å²) in [5.41, 5.74) is 0. The highest BCUT2D eigenvalue weighted by Gasteiger charge is 2.16. The maximum absolute atomic E-state index is 8.78. The summed E-state index contributed by atoms with van der Waals surface area (Å²) in [5.74, 6) is 0. The highest BCUT2D eigenvalue weighted by molar-refractivity contribution is 6.39. The average Bonchev–Trinajstić information content (AvgIpc) is 1.87. The first-order valence-corrected chi connectivity index (χ1v) is 6.44. The molecule has 0 unspecified atom stereocenters. The fourth-order valence-electron chi connectivity index (χ4n) is 1.28. The molecule has 0 fully saturated rings. The molecule has 0 saturated heterocycles. The Bertz CT molecular complexity index is 91.6. The molecule has 0 radical (unpaired) electrons. The molecule has 0 heterocycles. The van der Waals surface area contributed by atoms with Crippen molar-refractivity contribution in [1.82, 2.24) is 0 Å². The number of rotatable bonds is 6. The fraction of sp³-hybridized carbons (Fsp3) is 1.00. The second-order valence-corrected chi connectivity index (χ2v) is 7.22. The van der Waals surface area contributed by atoms with Crippen molar-refractivity contribution in [3.8, 4) is 0 Å². The van der Waals surface area contributed by atoms with Gasteiger partial charge >= 0.3 is 0 Å². The van der Waals surface area contributed by atoms with E-state index in [9.17, 15) is 0 Å². The summed E-state index contributed by atoms with van der Waals surface area (Å²) in [6.07, 6.45) is 3.71. The van der Waals surface area contributed by atoms with Crippen LogP contribution in [0.1, 0.15) is 40.0 Å². The zero-order valence-electron chi connectivity index (χ0n) is 8.19. The van der Waals surface area contributed by atoms with Crippen LogP contribution in [-0.2, 0) is 0 Å². The Morgan fingerprint density at radius 3 is 2.45 bits per heavy atom. The largest absolute Gasteiger partial charge is 0.396 e. The first kappa shape index (κ1) is 11.2. The molecule has 0 atom stereocenters. The Morgan fingerprint density at radius 1 is 1.36 bits per heavy atom. The monoisotopic (exact) mass is 174 g/mol. The van der Waals surface area contributed by atoms with Crippen LogP contribution in [0, 0.1) is 0 Å². The first-order valence-electron chi connectivity index (χ1n) is 4.73. The molecule has 0 aromatic carbocycles. The molecule has 0 aliphatic carbocycles. The van der Waals surface area contributed by atoms with Gasteiger partial charge in [-0.05, 0) is 11.5 Å². The van der Waals surface area contributed by atoms with Crippen LogP contribution in [0.2, 0.25) is 11.1 Å². The van der Waals surface area contributed by atoms with Crippen LogP contribution in [0.3, 0.4) is 0 Å². The van der Waals surface area contributed by atoms with E-state index in [0.717, 1.165) is 6.42 Å². The van der Waals surface area contributed by atoms with Crippen LogP contribution in [0.25, 0.3) is 0 Å². The highest BCUT2D eigenvalue weighted by Crippen LogP contribution is 2.28. The third-order valence-corrected chi connectivity index (χ3v) is 4.81. The molecule has 0 aliphatic rings. The molecule has 0 spiro atoms. The topological polar surface area (TPSA) is 20.2 Å². The average molecular weight is 174 g/mol. The Kier molecular flexibility index (Phi) is 5.87. The minimum Gasteiger partial charge on any atom is -0.396 e. The lowest BCUT2D eigenvalue weighted by Crippen LogP contribution is -2.14. The van der Waals surface area contributed by atoms with Crippen molar-refractivity contribution in [2.24, 2.45) is 0 Å². The fourth-order valence-corrected chi connectivity index (χ4v) is 3.40. The zero-order valence-corrected chi connectivity index (χ0v) is 9.60. The van der Waals surface area contributed by atoms with Crippen LogP contribution in [-0.4, -0.2) is 21.2 Å². The van der Waals surface area contributed by atoms with Gasteiger partial charge < -0.3 is 5.11 Å². The van der Waals surface area contributed by atoms with Crippen molar-refractivity contribution in [3.05, 3.63) is 0 Å². The third-order valence-electron chi connectivity index (χ3n) is 2.25. The lowest BCUT2D eigenvalue weighted by Gasteiger charge is -2.22. The van der Waals surface area contributed by atoms with Crippen molar-refractivity contribution in [3.63, 3.8) is 0 Å². The van der Waals surface area contributed by atoms with Gasteiger partial charge in [0.2, 0.25) is 0 Å². The van der Waals surface area contributed by atoms with E-state index in [1.54, 1.807) is 0 Å². The molecular weight excluding hydrogens is 152 g/mol. The molecule has 68 valence electrons. The van der Waals surface area contributed by atoms with Gasteiger partial charge in [-0.15, -0.1) is 0 Å². The number of hydrogen-bond acceptors (Lipinski definition) is 1. The van der Waals surface area contributed by atoms with Gasteiger partial charge in [-0.3, -0.25) is 0 Å².